The topological polar surface area (TPSA) is 61.9 Å². The van der Waals surface area contributed by atoms with E-state index in [0.717, 1.165) is 18.5 Å². The van der Waals surface area contributed by atoms with Crippen molar-refractivity contribution in [3.63, 3.8) is 0 Å². The molecule has 0 saturated carbocycles. The first kappa shape index (κ1) is 16.8. The smallest absolute Gasteiger partial charge is 0.322 e. The van der Waals surface area contributed by atoms with Crippen molar-refractivity contribution in [1.82, 2.24) is 9.80 Å². The van der Waals surface area contributed by atoms with Crippen molar-refractivity contribution in [1.29, 1.82) is 0 Å². The van der Waals surface area contributed by atoms with Crippen LogP contribution in [0.3, 0.4) is 0 Å². The van der Waals surface area contributed by atoms with E-state index < -0.39 is 0 Å². The monoisotopic (exact) mass is 331 g/mol. The lowest BCUT2D eigenvalue weighted by atomic mass is 10.1. The molecule has 2 heterocycles. The largest absolute Gasteiger partial charge is 0.383 e. The number of hydrogen-bond acceptors (Lipinski definition) is 3. The van der Waals surface area contributed by atoms with Gasteiger partial charge in [-0.2, -0.15) is 0 Å². The van der Waals surface area contributed by atoms with E-state index in [0.29, 0.717) is 26.1 Å². The van der Waals surface area contributed by atoms with Crippen LogP contribution in [0.5, 0.6) is 0 Å². The van der Waals surface area contributed by atoms with Gasteiger partial charge in [0.2, 0.25) is 5.91 Å². The molecule has 24 heavy (non-hydrogen) atoms. The van der Waals surface area contributed by atoms with Crippen molar-refractivity contribution >= 4 is 17.6 Å². The molecule has 2 atom stereocenters. The highest BCUT2D eigenvalue weighted by molar-refractivity contribution is 5.91. The van der Waals surface area contributed by atoms with Crippen LogP contribution in [-0.4, -0.2) is 60.6 Å². The summed E-state index contributed by atoms with van der Waals surface area (Å²) in [5.41, 5.74) is 2.00. The first-order valence-corrected chi connectivity index (χ1v) is 8.59. The van der Waals surface area contributed by atoms with Gasteiger partial charge in [-0.05, 0) is 30.5 Å². The lowest BCUT2D eigenvalue weighted by molar-refractivity contribution is -0.129. The van der Waals surface area contributed by atoms with E-state index in [1.54, 1.807) is 7.11 Å². The number of rotatable bonds is 5. The van der Waals surface area contributed by atoms with E-state index >= 15 is 0 Å². The lowest BCUT2D eigenvalue weighted by Gasteiger charge is -2.25. The van der Waals surface area contributed by atoms with Crippen LogP contribution in [0.15, 0.2) is 24.3 Å². The summed E-state index contributed by atoms with van der Waals surface area (Å²) in [6.07, 6.45) is 2.18. The SMILES string of the molecule is CCc1cccc(NC(=O)N2CC[C@H]3[C@H]2CC(=O)N3CCOC)c1. The maximum atomic E-state index is 12.6. The van der Waals surface area contributed by atoms with Gasteiger partial charge in [0, 0.05) is 32.3 Å². The summed E-state index contributed by atoms with van der Waals surface area (Å²) in [4.78, 5) is 28.5. The first-order valence-electron chi connectivity index (χ1n) is 8.59. The molecule has 2 saturated heterocycles. The standard InChI is InChI=1S/C18H25N3O3/c1-3-13-5-4-6-14(11-13)19-18(23)21-8-7-15-16(21)12-17(22)20(15)9-10-24-2/h4-6,11,15-16H,3,7-10,12H2,1-2H3,(H,19,23)/t15-,16+/m0/s1. The molecule has 3 rings (SSSR count). The number of hydrogen-bond donors (Lipinski definition) is 1. The minimum absolute atomic E-state index is 0.0243. The minimum Gasteiger partial charge on any atom is -0.383 e. The highest BCUT2D eigenvalue weighted by Gasteiger charge is 2.48. The molecular weight excluding hydrogens is 306 g/mol. The summed E-state index contributed by atoms with van der Waals surface area (Å²) in [7, 11) is 1.64. The molecule has 130 valence electrons. The van der Waals surface area contributed by atoms with Crippen LogP contribution in [0.25, 0.3) is 0 Å². The molecule has 6 nitrogen and oxygen atoms in total. The lowest BCUT2D eigenvalue weighted by Crippen LogP contribution is -2.42. The van der Waals surface area contributed by atoms with Crippen LogP contribution in [-0.2, 0) is 16.0 Å². The third-order valence-corrected chi connectivity index (χ3v) is 5.00. The van der Waals surface area contributed by atoms with Crippen molar-refractivity contribution in [3.8, 4) is 0 Å². The van der Waals surface area contributed by atoms with Crippen LogP contribution in [0.2, 0.25) is 0 Å². The van der Waals surface area contributed by atoms with Gasteiger partial charge in [0.05, 0.1) is 18.7 Å². The van der Waals surface area contributed by atoms with Crippen LogP contribution < -0.4 is 5.32 Å². The third-order valence-electron chi connectivity index (χ3n) is 5.00. The molecule has 1 N–H and O–H groups in total. The Morgan fingerprint density at radius 2 is 2.21 bits per heavy atom. The number of ether oxygens (including phenoxy) is 1. The minimum atomic E-state index is -0.114. The van der Waals surface area contributed by atoms with Gasteiger partial charge in [-0.15, -0.1) is 0 Å². The molecular formula is C18H25N3O3. The van der Waals surface area contributed by atoms with E-state index in [1.807, 2.05) is 34.1 Å². The summed E-state index contributed by atoms with van der Waals surface area (Å²) >= 11 is 0. The Bertz CT molecular complexity index is 619. The van der Waals surface area contributed by atoms with Crippen LogP contribution >= 0.6 is 0 Å². The van der Waals surface area contributed by atoms with Crippen molar-refractivity contribution in [2.24, 2.45) is 0 Å². The first-order chi connectivity index (χ1) is 11.6. The highest BCUT2D eigenvalue weighted by atomic mass is 16.5. The highest BCUT2D eigenvalue weighted by Crippen LogP contribution is 2.32. The van der Waals surface area contributed by atoms with Crippen LogP contribution in [0, 0.1) is 0 Å². The Hall–Kier alpha value is -2.08. The Labute approximate surface area is 142 Å². The fraction of sp³-hybridized carbons (Fsp3) is 0.556. The van der Waals surface area contributed by atoms with E-state index in [-0.39, 0.29) is 24.0 Å². The molecule has 2 aliphatic heterocycles. The number of benzene rings is 1. The molecule has 0 aliphatic carbocycles. The van der Waals surface area contributed by atoms with Crippen LogP contribution in [0.4, 0.5) is 10.5 Å². The van der Waals surface area contributed by atoms with E-state index in [4.69, 9.17) is 4.74 Å². The molecule has 0 unspecified atom stereocenters. The molecule has 1 aromatic rings. The summed E-state index contributed by atoms with van der Waals surface area (Å²) in [5.74, 6) is 0.118. The Balaban J connectivity index is 1.65. The molecule has 2 aliphatic rings. The molecule has 0 aromatic heterocycles. The number of likely N-dealkylation sites (tertiary alicyclic amines) is 2. The second kappa shape index (κ2) is 7.21. The van der Waals surface area contributed by atoms with Gasteiger partial charge in [0.25, 0.3) is 0 Å². The number of carbonyl (C=O) groups excluding carboxylic acids is 2. The molecule has 6 heteroatoms. The Morgan fingerprint density at radius 3 is 2.96 bits per heavy atom. The number of carbonyl (C=O) groups is 2. The Kier molecular flexibility index (Phi) is 5.04. The number of methoxy groups -OCH3 is 1. The number of nitrogens with zero attached hydrogens (tertiary/aromatic N) is 2. The van der Waals surface area contributed by atoms with E-state index in [9.17, 15) is 9.59 Å². The molecule has 0 bridgehead atoms. The second-order valence-electron chi connectivity index (χ2n) is 6.38. The zero-order valence-electron chi connectivity index (χ0n) is 14.3. The zero-order chi connectivity index (χ0) is 17.1. The fourth-order valence-electron chi connectivity index (χ4n) is 3.72. The number of aryl methyl sites for hydroxylation is 1. The van der Waals surface area contributed by atoms with Gasteiger partial charge in [-0.1, -0.05) is 19.1 Å². The predicted octanol–water partition coefficient (Wildman–Crippen LogP) is 2.10. The number of amides is 3. The predicted molar refractivity (Wildman–Crippen MR) is 91.9 cm³/mol. The summed E-state index contributed by atoms with van der Waals surface area (Å²) < 4.78 is 5.09. The summed E-state index contributed by atoms with van der Waals surface area (Å²) in [6, 6.07) is 7.88. The number of nitrogens with one attached hydrogen (secondary N) is 1. The maximum absolute atomic E-state index is 12.6. The van der Waals surface area contributed by atoms with E-state index in [2.05, 4.69) is 12.2 Å². The number of urea groups is 1. The summed E-state index contributed by atoms with van der Waals surface area (Å²) in [6.45, 7) is 3.91. The van der Waals surface area contributed by atoms with Gasteiger partial charge in [0.1, 0.15) is 0 Å². The van der Waals surface area contributed by atoms with Crippen molar-refractivity contribution < 1.29 is 14.3 Å². The fourth-order valence-corrected chi connectivity index (χ4v) is 3.72. The van der Waals surface area contributed by atoms with Crippen molar-refractivity contribution in [2.75, 3.05) is 32.1 Å². The summed E-state index contributed by atoms with van der Waals surface area (Å²) in [5, 5.41) is 2.98. The van der Waals surface area contributed by atoms with Gasteiger partial charge in [0.15, 0.2) is 0 Å². The van der Waals surface area contributed by atoms with Gasteiger partial charge in [-0.25, -0.2) is 4.79 Å². The second-order valence-corrected chi connectivity index (χ2v) is 6.38. The average molecular weight is 331 g/mol. The molecule has 3 amide bonds. The van der Waals surface area contributed by atoms with E-state index in [1.165, 1.54) is 5.56 Å². The normalized spacial score (nSPS) is 22.8. The van der Waals surface area contributed by atoms with Crippen LogP contribution in [0.1, 0.15) is 25.3 Å². The Morgan fingerprint density at radius 1 is 1.38 bits per heavy atom. The van der Waals surface area contributed by atoms with Gasteiger partial charge < -0.3 is 19.9 Å². The third kappa shape index (κ3) is 3.24. The number of fused-ring (bicyclic) bond motifs is 1. The molecule has 2 fully saturated rings. The molecule has 1 aromatic carbocycles. The quantitative estimate of drug-likeness (QED) is 0.899. The zero-order valence-corrected chi connectivity index (χ0v) is 14.3. The molecule has 0 spiro atoms. The average Bonchev–Trinajstić information content (AvgIpc) is 3.11. The van der Waals surface area contributed by atoms with Gasteiger partial charge >= 0.3 is 6.03 Å². The maximum Gasteiger partial charge on any atom is 0.322 e. The van der Waals surface area contributed by atoms with Crippen molar-refractivity contribution in [3.05, 3.63) is 29.8 Å². The van der Waals surface area contributed by atoms with Gasteiger partial charge in [-0.3, -0.25) is 4.79 Å². The van der Waals surface area contributed by atoms with Crippen molar-refractivity contribution in [2.45, 2.75) is 38.3 Å². The number of anilines is 1. The molecule has 0 radical (unpaired) electrons.